The summed E-state index contributed by atoms with van der Waals surface area (Å²) in [6.45, 7) is 0.394. The fourth-order valence-electron chi connectivity index (χ4n) is 1.45. The van der Waals surface area contributed by atoms with Gasteiger partial charge in [-0.05, 0) is 17.9 Å². The van der Waals surface area contributed by atoms with Gasteiger partial charge in [0.15, 0.2) is 5.69 Å². The second kappa shape index (κ2) is 5.43. The molecule has 4 nitrogen and oxygen atoms in total. The van der Waals surface area contributed by atoms with E-state index in [1.54, 1.807) is 11.3 Å². The van der Waals surface area contributed by atoms with Gasteiger partial charge in [-0.2, -0.15) is 13.2 Å². The van der Waals surface area contributed by atoms with Crippen LogP contribution in [0.2, 0.25) is 0 Å². The van der Waals surface area contributed by atoms with Crippen molar-refractivity contribution in [3.63, 3.8) is 0 Å². The molecule has 0 saturated heterocycles. The van der Waals surface area contributed by atoms with Gasteiger partial charge in [0.2, 0.25) is 5.95 Å². The van der Waals surface area contributed by atoms with Crippen molar-refractivity contribution in [1.82, 2.24) is 9.97 Å². The molecule has 0 spiro atoms. The third-order valence-corrected chi connectivity index (χ3v) is 3.21. The van der Waals surface area contributed by atoms with Crippen molar-refractivity contribution in [3.8, 4) is 0 Å². The Bertz CT molecular complexity index is 592. The molecular weight excluding hydrogens is 279 g/mol. The van der Waals surface area contributed by atoms with Gasteiger partial charge in [-0.3, -0.25) is 9.78 Å². The van der Waals surface area contributed by atoms with Gasteiger partial charge in [0.05, 0.1) is 0 Å². The summed E-state index contributed by atoms with van der Waals surface area (Å²) in [6, 6.07) is 4.25. The number of anilines is 1. The Balaban J connectivity index is 2.04. The number of hydrogen-bond donors (Lipinski definition) is 2. The molecule has 2 aromatic rings. The largest absolute Gasteiger partial charge is 0.433 e. The lowest BCUT2D eigenvalue weighted by molar-refractivity contribution is -0.141. The Morgan fingerprint density at radius 2 is 2.21 bits per heavy atom. The molecule has 2 aromatic heterocycles. The highest BCUT2D eigenvalue weighted by Crippen LogP contribution is 2.26. The van der Waals surface area contributed by atoms with Crippen molar-refractivity contribution < 1.29 is 13.2 Å². The lowest BCUT2D eigenvalue weighted by Gasteiger charge is -2.08. The molecule has 102 valence electrons. The van der Waals surface area contributed by atoms with Crippen molar-refractivity contribution >= 4 is 17.3 Å². The third-order valence-electron chi connectivity index (χ3n) is 2.28. The predicted molar refractivity (Wildman–Crippen MR) is 66.4 cm³/mol. The summed E-state index contributed by atoms with van der Waals surface area (Å²) in [5.74, 6) is -0.170. The van der Waals surface area contributed by atoms with E-state index in [1.165, 1.54) is 0 Å². The summed E-state index contributed by atoms with van der Waals surface area (Å²) in [7, 11) is 0. The van der Waals surface area contributed by atoms with Crippen LogP contribution in [0.1, 0.15) is 10.6 Å². The zero-order valence-electron chi connectivity index (χ0n) is 9.62. The van der Waals surface area contributed by atoms with E-state index in [0.717, 1.165) is 4.88 Å². The second-order valence-electron chi connectivity index (χ2n) is 3.73. The average Bonchev–Trinajstić information content (AvgIpc) is 2.80. The summed E-state index contributed by atoms with van der Waals surface area (Å²) in [5.41, 5.74) is -2.03. The number of aromatic nitrogens is 2. The molecule has 2 N–H and O–H groups in total. The van der Waals surface area contributed by atoms with Gasteiger partial charge < -0.3 is 5.32 Å². The molecule has 0 unspecified atom stereocenters. The van der Waals surface area contributed by atoms with E-state index in [1.807, 2.05) is 17.5 Å². The van der Waals surface area contributed by atoms with E-state index in [2.05, 4.69) is 15.3 Å². The highest BCUT2D eigenvalue weighted by atomic mass is 32.1. The Kier molecular flexibility index (Phi) is 3.89. The number of nitrogens with one attached hydrogen (secondary N) is 2. The monoisotopic (exact) mass is 289 g/mol. The number of hydrogen-bond acceptors (Lipinski definition) is 4. The third kappa shape index (κ3) is 3.82. The van der Waals surface area contributed by atoms with Crippen LogP contribution in [0.5, 0.6) is 0 Å². The van der Waals surface area contributed by atoms with E-state index >= 15 is 0 Å². The van der Waals surface area contributed by atoms with Gasteiger partial charge in [0, 0.05) is 17.5 Å². The van der Waals surface area contributed by atoms with Crippen LogP contribution in [0.3, 0.4) is 0 Å². The van der Waals surface area contributed by atoms with Crippen LogP contribution in [0, 0.1) is 0 Å². The first-order valence-electron chi connectivity index (χ1n) is 5.40. The van der Waals surface area contributed by atoms with Crippen LogP contribution in [-0.4, -0.2) is 16.5 Å². The summed E-state index contributed by atoms with van der Waals surface area (Å²) in [6.07, 6.45) is -3.98. The SMILES string of the molecule is O=c1cc(C(F)(F)F)nc(NCCc2cccs2)[nH]1. The molecule has 0 aliphatic heterocycles. The van der Waals surface area contributed by atoms with Crippen molar-refractivity contribution in [1.29, 1.82) is 0 Å². The van der Waals surface area contributed by atoms with Gasteiger partial charge in [-0.25, -0.2) is 4.98 Å². The highest BCUT2D eigenvalue weighted by Gasteiger charge is 2.33. The van der Waals surface area contributed by atoms with Gasteiger partial charge in [0.1, 0.15) is 0 Å². The topological polar surface area (TPSA) is 57.8 Å². The Hall–Kier alpha value is -1.83. The highest BCUT2D eigenvalue weighted by molar-refractivity contribution is 7.09. The minimum atomic E-state index is -4.63. The van der Waals surface area contributed by atoms with Gasteiger partial charge in [0.25, 0.3) is 5.56 Å². The maximum atomic E-state index is 12.5. The normalized spacial score (nSPS) is 11.5. The standard InChI is InChI=1S/C11H10F3N3OS/c12-11(13,14)8-6-9(18)17-10(16-8)15-4-3-7-2-1-5-19-7/h1-2,5-6H,3-4H2,(H2,15,16,17,18). The molecule has 0 aliphatic rings. The average molecular weight is 289 g/mol. The molecule has 2 heterocycles. The first-order chi connectivity index (χ1) is 8.95. The van der Waals surface area contributed by atoms with Crippen LogP contribution in [-0.2, 0) is 12.6 Å². The van der Waals surface area contributed by atoms with Gasteiger partial charge in [-0.15, -0.1) is 11.3 Å². The number of H-pyrrole nitrogens is 1. The molecule has 0 bridgehead atoms. The molecule has 0 atom stereocenters. The Labute approximate surface area is 110 Å². The van der Waals surface area contributed by atoms with Crippen molar-refractivity contribution in [2.24, 2.45) is 0 Å². The predicted octanol–water partition coefficient (Wildman–Crippen LogP) is 2.50. The Morgan fingerprint density at radius 3 is 2.84 bits per heavy atom. The molecule has 0 saturated carbocycles. The van der Waals surface area contributed by atoms with E-state index in [9.17, 15) is 18.0 Å². The fourth-order valence-corrected chi connectivity index (χ4v) is 2.15. The lowest BCUT2D eigenvalue weighted by Crippen LogP contribution is -2.19. The van der Waals surface area contributed by atoms with Gasteiger partial charge >= 0.3 is 6.18 Å². The zero-order valence-corrected chi connectivity index (χ0v) is 10.4. The minimum Gasteiger partial charge on any atom is -0.355 e. The van der Waals surface area contributed by atoms with Gasteiger partial charge in [-0.1, -0.05) is 6.07 Å². The number of nitrogens with zero attached hydrogens (tertiary/aromatic N) is 1. The maximum Gasteiger partial charge on any atom is 0.433 e. The van der Waals surface area contributed by atoms with Crippen LogP contribution < -0.4 is 10.9 Å². The quantitative estimate of drug-likeness (QED) is 0.909. The summed E-state index contributed by atoms with van der Waals surface area (Å²) in [4.78, 5) is 17.8. The fraction of sp³-hybridized carbons (Fsp3) is 0.273. The molecule has 8 heteroatoms. The molecule has 0 radical (unpaired) electrons. The molecule has 0 fully saturated rings. The first-order valence-corrected chi connectivity index (χ1v) is 6.28. The van der Waals surface area contributed by atoms with Crippen molar-refractivity contribution in [2.45, 2.75) is 12.6 Å². The van der Waals surface area contributed by atoms with Crippen molar-refractivity contribution in [2.75, 3.05) is 11.9 Å². The van der Waals surface area contributed by atoms with E-state index in [4.69, 9.17) is 0 Å². The van der Waals surface area contributed by atoms with Crippen LogP contribution in [0.25, 0.3) is 0 Å². The second-order valence-corrected chi connectivity index (χ2v) is 4.77. The van der Waals surface area contributed by atoms with Crippen molar-refractivity contribution in [3.05, 3.63) is 44.5 Å². The number of aromatic amines is 1. The maximum absolute atomic E-state index is 12.5. The zero-order chi connectivity index (χ0) is 13.9. The molecule has 0 aromatic carbocycles. The lowest BCUT2D eigenvalue weighted by atomic mass is 10.3. The van der Waals surface area contributed by atoms with E-state index in [0.29, 0.717) is 19.0 Å². The number of halogens is 3. The minimum absolute atomic E-state index is 0.170. The number of alkyl halides is 3. The van der Waals surface area contributed by atoms with Crippen LogP contribution >= 0.6 is 11.3 Å². The smallest absolute Gasteiger partial charge is 0.355 e. The van der Waals surface area contributed by atoms with Crippen LogP contribution in [0.15, 0.2) is 28.4 Å². The summed E-state index contributed by atoms with van der Waals surface area (Å²) < 4.78 is 37.4. The molecule has 0 aliphatic carbocycles. The number of rotatable bonds is 4. The van der Waals surface area contributed by atoms with Crippen LogP contribution in [0.4, 0.5) is 19.1 Å². The first kappa shape index (κ1) is 13.6. The molecule has 2 rings (SSSR count). The molecular formula is C11H10F3N3OS. The Morgan fingerprint density at radius 1 is 1.42 bits per heavy atom. The van der Waals surface area contributed by atoms with E-state index in [-0.39, 0.29) is 5.95 Å². The molecule has 0 amide bonds. The summed E-state index contributed by atoms with van der Waals surface area (Å²) >= 11 is 1.56. The van der Waals surface area contributed by atoms with E-state index < -0.39 is 17.4 Å². The number of thiophene rings is 1. The summed E-state index contributed by atoms with van der Waals surface area (Å²) in [5, 5.41) is 4.59. The molecule has 19 heavy (non-hydrogen) atoms.